The second-order valence-electron chi connectivity index (χ2n) is 3.90. The zero-order valence-corrected chi connectivity index (χ0v) is 10.8. The maximum absolute atomic E-state index is 11.2. The van der Waals surface area contributed by atoms with E-state index in [-0.39, 0.29) is 0 Å². The average molecular weight is 243 g/mol. The van der Waals surface area contributed by atoms with E-state index in [4.69, 9.17) is 4.74 Å². The zero-order valence-electron chi connectivity index (χ0n) is 10.8. The molecule has 0 aromatic carbocycles. The van der Waals surface area contributed by atoms with Crippen LogP contribution in [0.5, 0.6) is 0 Å². The minimum Gasteiger partial charge on any atom is -0.448 e. The summed E-state index contributed by atoms with van der Waals surface area (Å²) in [5.41, 5.74) is 2.35. The molecule has 0 aromatic rings. The summed E-state index contributed by atoms with van der Waals surface area (Å²) in [4.78, 5) is 21.8. The fourth-order valence-corrected chi connectivity index (χ4v) is 1.27. The van der Waals surface area contributed by atoms with E-state index in [0.29, 0.717) is 13.2 Å². The molecule has 0 heterocycles. The van der Waals surface area contributed by atoms with Gasteiger partial charge in [-0.2, -0.15) is 0 Å². The third kappa shape index (κ3) is 9.66. The van der Waals surface area contributed by atoms with Gasteiger partial charge >= 0.3 is 12.5 Å². The van der Waals surface area contributed by atoms with Crippen LogP contribution < -0.4 is 5.43 Å². The van der Waals surface area contributed by atoms with Crippen LogP contribution in [0.3, 0.4) is 0 Å². The van der Waals surface area contributed by atoms with E-state index in [0.717, 1.165) is 43.5 Å². The maximum atomic E-state index is 11.2. The fraction of sp³-hybridized carbons (Fsp3) is 0.833. The predicted octanol–water partition coefficient (Wildman–Crippen LogP) is 2.38. The SMILES string of the molecule is CCCCCCN([C]=O)NC(=O)OCCCC. The summed E-state index contributed by atoms with van der Waals surface area (Å²) in [6.07, 6.45) is 7.05. The van der Waals surface area contributed by atoms with Crippen LogP contribution in [0, 0.1) is 0 Å². The van der Waals surface area contributed by atoms with Crippen LogP contribution in [0.1, 0.15) is 52.4 Å². The van der Waals surface area contributed by atoms with Gasteiger partial charge in [0.2, 0.25) is 0 Å². The lowest BCUT2D eigenvalue weighted by Crippen LogP contribution is -2.42. The number of rotatable bonds is 10. The number of hydrogen-bond donors (Lipinski definition) is 1. The molecule has 0 bridgehead atoms. The Morgan fingerprint density at radius 3 is 2.47 bits per heavy atom. The van der Waals surface area contributed by atoms with Crippen LogP contribution in [-0.2, 0) is 9.53 Å². The van der Waals surface area contributed by atoms with Crippen molar-refractivity contribution in [1.29, 1.82) is 0 Å². The Morgan fingerprint density at radius 1 is 1.18 bits per heavy atom. The highest BCUT2D eigenvalue weighted by Crippen LogP contribution is 1.99. The summed E-state index contributed by atoms with van der Waals surface area (Å²) >= 11 is 0. The first kappa shape index (κ1) is 15.7. The van der Waals surface area contributed by atoms with Crippen molar-refractivity contribution in [1.82, 2.24) is 10.4 Å². The van der Waals surface area contributed by atoms with E-state index in [1.807, 2.05) is 6.92 Å². The molecule has 0 atom stereocenters. The van der Waals surface area contributed by atoms with Gasteiger partial charge in [-0.1, -0.05) is 39.5 Å². The molecule has 2 amide bonds. The molecule has 0 aliphatic rings. The van der Waals surface area contributed by atoms with Crippen molar-refractivity contribution in [3.05, 3.63) is 0 Å². The van der Waals surface area contributed by atoms with Crippen molar-refractivity contribution in [2.75, 3.05) is 13.2 Å². The van der Waals surface area contributed by atoms with Gasteiger partial charge in [0.1, 0.15) is 0 Å². The third-order valence-corrected chi connectivity index (χ3v) is 2.30. The standard InChI is InChI=1S/C12H23N2O3/c1-3-5-7-8-9-14(11-15)13-12(16)17-10-6-4-2/h3-10H2,1-2H3,(H,13,16). The third-order valence-electron chi connectivity index (χ3n) is 2.30. The maximum Gasteiger partial charge on any atom is 0.426 e. The summed E-state index contributed by atoms with van der Waals surface area (Å²) in [6.45, 7) is 4.99. The van der Waals surface area contributed by atoms with Crippen LogP contribution in [0.25, 0.3) is 0 Å². The number of carbonyl (C=O) groups is 1. The molecular formula is C12H23N2O3. The van der Waals surface area contributed by atoms with E-state index < -0.39 is 6.09 Å². The van der Waals surface area contributed by atoms with Gasteiger partial charge in [-0.25, -0.2) is 15.2 Å². The number of nitrogens with one attached hydrogen (secondary N) is 1. The second kappa shape index (κ2) is 11.2. The Labute approximate surface area is 103 Å². The molecule has 99 valence electrons. The van der Waals surface area contributed by atoms with E-state index in [2.05, 4.69) is 12.3 Å². The highest BCUT2D eigenvalue weighted by molar-refractivity contribution is 5.68. The number of carbonyl (C=O) groups excluding carboxylic acids is 2. The van der Waals surface area contributed by atoms with E-state index in [9.17, 15) is 9.59 Å². The first-order valence-electron chi connectivity index (χ1n) is 6.33. The summed E-state index contributed by atoms with van der Waals surface area (Å²) in [7, 11) is 0. The average Bonchev–Trinajstić information content (AvgIpc) is 2.33. The molecule has 17 heavy (non-hydrogen) atoms. The molecular weight excluding hydrogens is 220 g/mol. The molecule has 5 nitrogen and oxygen atoms in total. The topological polar surface area (TPSA) is 58.6 Å². The Kier molecular flexibility index (Phi) is 10.4. The quantitative estimate of drug-likeness (QED) is 0.364. The molecule has 1 N–H and O–H groups in total. The monoisotopic (exact) mass is 243 g/mol. The van der Waals surface area contributed by atoms with Gasteiger partial charge in [-0.3, -0.25) is 4.79 Å². The fourth-order valence-electron chi connectivity index (χ4n) is 1.27. The Balaban J connectivity index is 3.64. The van der Waals surface area contributed by atoms with Gasteiger partial charge < -0.3 is 4.74 Å². The predicted molar refractivity (Wildman–Crippen MR) is 65.9 cm³/mol. The van der Waals surface area contributed by atoms with Crippen molar-refractivity contribution in [2.45, 2.75) is 52.4 Å². The van der Waals surface area contributed by atoms with Gasteiger partial charge in [0.05, 0.1) is 6.61 Å². The molecule has 5 heteroatoms. The second-order valence-corrected chi connectivity index (χ2v) is 3.90. The number of hydrogen-bond acceptors (Lipinski definition) is 3. The Hall–Kier alpha value is -1.26. The lowest BCUT2D eigenvalue weighted by atomic mass is 10.2. The molecule has 0 saturated carbocycles. The minimum absolute atomic E-state index is 0.380. The molecule has 0 rings (SSSR count). The molecule has 0 aliphatic carbocycles. The number of hydrazine groups is 1. The van der Waals surface area contributed by atoms with E-state index >= 15 is 0 Å². The van der Waals surface area contributed by atoms with Crippen molar-refractivity contribution in [3.8, 4) is 0 Å². The van der Waals surface area contributed by atoms with Crippen molar-refractivity contribution in [3.63, 3.8) is 0 Å². The molecule has 0 aromatic heterocycles. The van der Waals surface area contributed by atoms with Gasteiger partial charge in [0, 0.05) is 6.54 Å². The number of unbranched alkanes of at least 4 members (excludes halogenated alkanes) is 4. The summed E-state index contributed by atoms with van der Waals surface area (Å²) in [5, 5.41) is 1.12. The molecule has 0 saturated heterocycles. The summed E-state index contributed by atoms with van der Waals surface area (Å²) in [6, 6.07) is 0. The molecule has 1 radical (unpaired) electrons. The smallest absolute Gasteiger partial charge is 0.426 e. The minimum atomic E-state index is -0.586. The molecule has 0 aliphatic heterocycles. The number of ether oxygens (including phenoxy) is 1. The Bertz CT molecular complexity index is 210. The van der Waals surface area contributed by atoms with Crippen LogP contribution in [0.15, 0.2) is 0 Å². The lowest BCUT2D eigenvalue weighted by Gasteiger charge is -2.16. The van der Waals surface area contributed by atoms with Crippen molar-refractivity contribution in [2.24, 2.45) is 0 Å². The number of amides is 2. The van der Waals surface area contributed by atoms with Gasteiger partial charge in [-0.15, -0.1) is 0 Å². The van der Waals surface area contributed by atoms with Gasteiger partial charge in [0.25, 0.3) is 0 Å². The van der Waals surface area contributed by atoms with Crippen LogP contribution >= 0.6 is 0 Å². The van der Waals surface area contributed by atoms with Gasteiger partial charge in [-0.05, 0) is 12.8 Å². The van der Waals surface area contributed by atoms with Gasteiger partial charge in [0.15, 0.2) is 0 Å². The lowest BCUT2D eigenvalue weighted by molar-refractivity contribution is 0.122. The largest absolute Gasteiger partial charge is 0.448 e. The van der Waals surface area contributed by atoms with E-state index in [1.54, 1.807) is 6.41 Å². The highest BCUT2D eigenvalue weighted by Gasteiger charge is 2.08. The van der Waals surface area contributed by atoms with E-state index in [1.165, 1.54) is 0 Å². The first-order valence-corrected chi connectivity index (χ1v) is 6.33. The molecule has 0 unspecified atom stereocenters. The molecule has 0 spiro atoms. The normalized spacial score (nSPS) is 9.76. The van der Waals surface area contributed by atoms with Crippen molar-refractivity contribution < 1.29 is 14.3 Å². The highest BCUT2D eigenvalue weighted by atomic mass is 16.6. The van der Waals surface area contributed by atoms with Crippen LogP contribution in [-0.4, -0.2) is 30.7 Å². The van der Waals surface area contributed by atoms with Crippen molar-refractivity contribution >= 4 is 12.5 Å². The van der Waals surface area contributed by atoms with Crippen LogP contribution in [0.2, 0.25) is 0 Å². The van der Waals surface area contributed by atoms with Crippen LogP contribution in [0.4, 0.5) is 4.79 Å². The zero-order chi connectivity index (χ0) is 12.9. The number of nitrogens with zero attached hydrogens (tertiary/aromatic N) is 1. The Morgan fingerprint density at radius 2 is 1.88 bits per heavy atom. The summed E-state index contributed by atoms with van der Waals surface area (Å²) < 4.78 is 4.87. The summed E-state index contributed by atoms with van der Waals surface area (Å²) in [5.74, 6) is 0. The first-order chi connectivity index (χ1) is 8.24. The molecule has 0 fully saturated rings.